The summed E-state index contributed by atoms with van der Waals surface area (Å²) in [6.45, 7) is 6.16. The molecule has 88 valence electrons. The van der Waals surface area contributed by atoms with Gasteiger partial charge in [0.2, 0.25) is 0 Å². The topological polar surface area (TPSA) is 55.2 Å². The summed E-state index contributed by atoms with van der Waals surface area (Å²) in [5, 5.41) is 14.3. The summed E-state index contributed by atoms with van der Waals surface area (Å²) in [7, 11) is 0. The maximum Gasteiger partial charge on any atom is 0.271 e. The van der Waals surface area contributed by atoms with Crippen molar-refractivity contribution in [1.29, 1.82) is 0 Å². The zero-order valence-electron chi connectivity index (χ0n) is 9.53. The van der Waals surface area contributed by atoms with Gasteiger partial charge in [0, 0.05) is 18.2 Å². The van der Waals surface area contributed by atoms with E-state index in [0.29, 0.717) is 16.6 Å². The Kier molecular flexibility index (Phi) is 4.12. The lowest BCUT2D eigenvalue weighted by atomic mass is 10.1. The molecule has 0 aliphatic heterocycles. The Morgan fingerprint density at radius 3 is 2.50 bits per heavy atom. The second-order valence-electron chi connectivity index (χ2n) is 4.10. The number of nitro benzene ring substituents is 1. The number of non-ortho nitro benzene ring substituents is 1. The molecular weight excluding hydrogens is 228 g/mol. The van der Waals surface area contributed by atoms with Crippen LogP contribution in [0.4, 0.5) is 11.4 Å². The van der Waals surface area contributed by atoms with E-state index in [4.69, 9.17) is 11.6 Å². The number of nitrogens with zero attached hydrogens (tertiary/aromatic N) is 1. The van der Waals surface area contributed by atoms with Crippen LogP contribution >= 0.6 is 11.6 Å². The summed E-state index contributed by atoms with van der Waals surface area (Å²) >= 11 is 5.96. The predicted octanol–water partition coefficient (Wildman–Crippen LogP) is 3.70. The molecular formula is C11H15ClN2O2. The first-order chi connectivity index (χ1) is 7.41. The molecule has 1 aromatic rings. The van der Waals surface area contributed by atoms with E-state index >= 15 is 0 Å². The molecule has 0 bridgehead atoms. The first kappa shape index (κ1) is 12.8. The third kappa shape index (κ3) is 3.10. The molecule has 0 amide bonds. The summed E-state index contributed by atoms with van der Waals surface area (Å²) in [6.07, 6.45) is 0. The summed E-state index contributed by atoms with van der Waals surface area (Å²) < 4.78 is 0. The van der Waals surface area contributed by atoms with Crippen molar-refractivity contribution in [3.05, 3.63) is 33.3 Å². The van der Waals surface area contributed by atoms with Crippen molar-refractivity contribution in [3.63, 3.8) is 0 Å². The fourth-order valence-corrected chi connectivity index (χ4v) is 1.32. The number of nitro groups is 1. The fraction of sp³-hybridized carbons (Fsp3) is 0.455. The molecule has 0 fully saturated rings. The molecule has 0 aliphatic carbocycles. The maximum atomic E-state index is 10.6. The van der Waals surface area contributed by atoms with Gasteiger partial charge < -0.3 is 5.32 Å². The normalized spacial score (nSPS) is 12.6. The second-order valence-corrected chi connectivity index (χ2v) is 4.51. The van der Waals surface area contributed by atoms with E-state index in [2.05, 4.69) is 19.2 Å². The number of hydrogen-bond donors (Lipinski definition) is 1. The average molecular weight is 243 g/mol. The summed E-state index contributed by atoms with van der Waals surface area (Å²) in [5.74, 6) is 0.426. The average Bonchev–Trinajstić information content (AvgIpc) is 2.20. The number of halogens is 1. The van der Waals surface area contributed by atoms with Gasteiger partial charge in [-0.15, -0.1) is 0 Å². The highest BCUT2D eigenvalue weighted by atomic mass is 35.5. The lowest BCUT2D eigenvalue weighted by molar-refractivity contribution is -0.384. The third-order valence-electron chi connectivity index (χ3n) is 2.54. The van der Waals surface area contributed by atoms with Gasteiger partial charge in [0.1, 0.15) is 0 Å². The van der Waals surface area contributed by atoms with Gasteiger partial charge >= 0.3 is 0 Å². The van der Waals surface area contributed by atoms with Crippen molar-refractivity contribution in [2.45, 2.75) is 26.8 Å². The Morgan fingerprint density at radius 2 is 2.00 bits per heavy atom. The highest BCUT2D eigenvalue weighted by Crippen LogP contribution is 2.27. The van der Waals surface area contributed by atoms with Crippen LogP contribution in [-0.2, 0) is 0 Å². The molecule has 1 rings (SSSR count). The highest BCUT2D eigenvalue weighted by Gasteiger charge is 2.13. The predicted molar refractivity (Wildman–Crippen MR) is 66.0 cm³/mol. The molecule has 0 aromatic heterocycles. The second kappa shape index (κ2) is 5.16. The smallest absolute Gasteiger partial charge is 0.271 e. The molecule has 5 heteroatoms. The van der Waals surface area contributed by atoms with Crippen molar-refractivity contribution >= 4 is 23.0 Å². The number of hydrogen-bond acceptors (Lipinski definition) is 3. The van der Waals surface area contributed by atoms with Crippen molar-refractivity contribution < 1.29 is 4.92 Å². The van der Waals surface area contributed by atoms with Crippen LogP contribution < -0.4 is 5.32 Å². The first-order valence-electron chi connectivity index (χ1n) is 5.12. The Bertz CT molecular complexity index is 394. The molecule has 0 spiro atoms. The van der Waals surface area contributed by atoms with Crippen LogP contribution in [0.15, 0.2) is 18.2 Å². The molecule has 0 saturated carbocycles. The Balaban J connectivity index is 2.94. The summed E-state index contributed by atoms with van der Waals surface area (Å²) in [6, 6.07) is 4.60. The molecule has 1 aromatic carbocycles. The summed E-state index contributed by atoms with van der Waals surface area (Å²) in [4.78, 5) is 10.2. The molecule has 0 saturated heterocycles. The zero-order chi connectivity index (χ0) is 12.3. The highest BCUT2D eigenvalue weighted by molar-refractivity contribution is 6.33. The zero-order valence-corrected chi connectivity index (χ0v) is 10.3. The van der Waals surface area contributed by atoms with Gasteiger partial charge in [-0.3, -0.25) is 10.1 Å². The van der Waals surface area contributed by atoms with Crippen molar-refractivity contribution in [3.8, 4) is 0 Å². The minimum Gasteiger partial charge on any atom is -0.381 e. The van der Waals surface area contributed by atoms with Crippen LogP contribution in [0.1, 0.15) is 20.8 Å². The first-order valence-corrected chi connectivity index (χ1v) is 5.50. The van der Waals surface area contributed by atoms with E-state index in [1.165, 1.54) is 18.2 Å². The van der Waals surface area contributed by atoms with E-state index in [1.807, 2.05) is 6.92 Å². The fourth-order valence-electron chi connectivity index (χ4n) is 1.15. The van der Waals surface area contributed by atoms with Gasteiger partial charge in [-0.2, -0.15) is 0 Å². The number of benzene rings is 1. The molecule has 1 atom stereocenters. The van der Waals surface area contributed by atoms with Crippen LogP contribution in [0.2, 0.25) is 5.02 Å². The van der Waals surface area contributed by atoms with Gasteiger partial charge in [-0.05, 0) is 18.9 Å². The molecule has 0 aliphatic rings. The van der Waals surface area contributed by atoms with E-state index in [-0.39, 0.29) is 11.7 Å². The Labute approximate surface area is 99.8 Å². The standard InChI is InChI=1S/C11H15ClN2O2/c1-7(2)8(3)13-11-6-9(14(15)16)4-5-10(11)12/h4-8,13H,1-3H3. The molecule has 1 unspecified atom stereocenters. The van der Waals surface area contributed by atoms with Gasteiger partial charge in [0.15, 0.2) is 0 Å². The van der Waals surface area contributed by atoms with Gasteiger partial charge in [-0.1, -0.05) is 25.4 Å². The van der Waals surface area contributed by atoms with E-state index < -0.39 is 4.92 Å². The van der Waals surface area contributed by atoms with Gasteiger partial charge in [-0.25, -0.2) is 0 Å². The van der Waals surface area contributed by atoms with Crippen molar-refractivity contribution in [2.75, 3.05) is 5.32 Å². The van der Waals surface area contributed by atoms with Gasteiger partial charge in [0.05, 0.1) is 15.6 Å². The minimum atomic E-state index is -0.429. The molecule has 4 nitrogen and oxygen atoms in total. The van der Waals surface area contributed by atoms with Crippen LogP contribution in [0.3, 0.4) is 0 Å². The van der Waals surface area contributed by atoms with E-state index in [0.717, 1.165) is 0 Å². The SMILES string of the molecule is CC(C)C(C)Nc1cc([N+](=O)[O-])ccc1Cl. The van der Waals surface area contributed by atoms with Crippen LogP contribution in [0, 0.1) is 16.0 Å². The largest absolute Gasteiger partial charge is 0.381 e. The number of anilines is 1. The monoisotopic (exact) mass is 242 g/mol. The quantitative estimate of drug-likeness (QED) is 0.647. The molecule has 0 heterocycles. The number of nitrogens with one attached hydrogen (secondary N) is 1. The lowest BCUT2D eigenvalue weighted by Gasteiger charge is -2.19. The van der Waals surface area contributed by atoms with Crippen molar-refractivity contribution in [1.82, 2.24) is 0 Å². The van der Waals surface area contributed by atoms with E-state index in [9.17, 15) is 10.1 Å². The molecule has 16 heavy (non-hydrogen) atoms. The Morgan fingerprint density at radius 1 is 1.38 bits per heavy atom. The maximum absolute atomic E-state index is 10.6. The van der Waals surface area contributed by atoms with Crippen LogP contribution in [0.5, 0.6) is 0 Å². The molecule has 0 radical (unpaired) electrons. The van der Waals surface area contributed by atoms with Crippen molar-refractivity contribution in [2.24, 2.45) is 5.92 Å². The number of rotatable bonds is 4. The summed E-state index contributed by atoms with van der Waals surface area (Å²) in [5.41, 5.74) is 0.653. The lowest BCUT2D eigenvalue weighted by Crippen LogP contribution is -2.21. The third-order valence-corrected chi connectivity index (χ3v) is 2.87. The molecule has 1 N–H and O–H groups in total. The van der Waals surface area contributed by atoms with Crippen LogP contribution in [-0.4, -0.2) is 11.0 Å². The van der Waals surface area contributed by atoms with Gasteiger partial charge in [0.25, 0.3) is 5.69 Å². The Hall–Kier alpha value is -1.29. The van der Waals surface area contributed by atoms with Crippen LogP contribution in [0.25, 0.3) is 0 Å². The van der Waals surface area contributed by atoms with E-state index in [1.54, 1.807) is 0 Å². The minimum absolute atomic E-state index is 0.0443.